The first-order valence-corrected chi connectivity index (χ1v) is 12.3. The smallest absolute Gasteiger partial charge is 0.101 e. The van der Waals surface area contributed by atoms with Crippen molar-refractivity contribution in [2.24, 2.45) is 0 Å². The van der Waals surface area contributed by atoms with E-state index in [1.807, 2.05) is 12.1 Å². The molecule has 2 atom stereocenters. The first-order chi connectivity index (χ1) is 16.2. The number of hydrogen-bond donors (Lipinski definition) is 0. The van der Waals surface area contributed by atoms with Crippen molar-refractivity contribution in [1.29, 1.82) is 5.26 Å². The van der Waals surface area contributed by atoms with Crippen LogP contribution in [0.15, 0.2) is 48.7 Å². The molecule has 2 saturated heterocycles. The third-order valence-corrected chi connectivity index (χ3v) is 7.94. The third kappa shape index (κ3) is 3.68. The van der Waals surface area contributed by atoms with E-state index in [0.717, 1.165) is 50.2 Å². The Morgan fingerprint density at radius 1 is 1.03 bits per heavy atom. The molecule has 0 spiro atoms. The van der Waals surface area contributed by atoms with Gasteiger partial charge in [0.2, 0.25) is 0 Å². The van der Waals surface area contributed by atoms with Crippen LogP contribution < -0.4 is 4.90 Å². The molecular formula is C28H31N5. The lowest BCUT2D eigenvalue weighted by atomic mass is 9.99. The number of aromatic nitrogens is 1. The van der Waals surface area contributed by atoms with E-state index in [9.17, 15) is 5.26 Å². The second kappa shape index (κ2) is 8.44. The Labute approximate surface area is 196 Å². The van der Waals surface area contributed by atoms with Gasteiger partial charge in [-0.3, -0.25) is 14.8 Å². The largest absolute Gasteiger partial charge is 0.368 e. The number of rotatable bonds is 3. The van der Waals surface area contributed by atoms with Crippen molar-refractivity contribution in [1.82, 2.24) is 14.8 Å². The highest BCUT2D eigenvalue weighted by Crippen LogP contribution is 2.32. The fourth-order valence-corrected chi connectivity index (χ4v) is 6.38. The van der Waals surface area contributed by atoms with Gasteiger partial charge in [-0.05, 0) is 67.1 Å². The molecule has 0 bridgehead atoms. The van der Waals surface area contributed by atoms with E-state index < -0.39 is 0 Å². The first kappa shape index (κ1) is 20.7. The molecule has 2 fully saturated rings. The SMILES string of the molecule is C[C@@H]1CN(c2ccc(C#N)c3ncccc23)C[C@@H]2CN(Cc3cccc4c3CCC4)CCN21. The molecule has 0 radical (unpaired) electrons. The van der Waals surface area contributed by atoms with Gasteiger partial charge in [-0.1, -0.05) is 18.2 Å². The predicted molar refractivity (Wildman–Crippen MR) is 132 cm³/mol. The standard InChI is InChI=1S/C28H31N5/c1-20-16-32(27-11-10-22(15-29)28-26(27)9-4-12-30-28)19-24-18-31(13-14-33(20)24)17-23-7-2-5-21-6-3-8-25(21)23/h2,4-5,7,9-12,20,24H,3,6,8,13-14,16-19H2,1H3/t20-,24+/m1/s1. The van der Waals surface area contributed by atoms with Gasteiger partial charge in [0.25, 0.3) is 0 Å². The number of piperazine rings is 2. The minimum Gasteiger partial charge on any atom is -0.368 e. The number of hydrogen-bond acceptors (Lipinski definition) is 5. The van der Waals surface area contributed by atoms with Crippen molar-refractivity contribution in [3.05, 3.63) is 70.9 Å². The van der Waals surface area contributed by atoms with Crippen LogP contribution in [0.5, 0.6) is 0 Å². The fraction of sp³-hybridized carbons (Fsp3) is 0.429. The minimum absolute atomic E-state index is 0.509. The Balaban J connectivity index is 1.24. The lowest BCUT2D eigenvalue weighted by Gasteiger charge is -2.51. The summed E-state index contributed by atoms with van der Waals surface area (Å²) in [6.45, 7) is 8.87. The number of fused-ring (bicyclic) bond motifs is 3. The van der Waals surface area contributed by atoms with Crippen molar-refractivity contribution in [2.75, 3.05) is 37.6 Å². The normalized spacial score (nSPS) is 23.3. The van der Waals surface area contributed by atoms with Crippen molar-refractivity contribution >= 4 is 16.6 Å². The molecule has 0 saturated carbocycles. The second-order valence-corrected chi connectivity index (χ2v) is 9.93. The highest BCUT2D eigenvalue weighted by Gasteiger charge is 2.36. The number of anilines is 1. The molecule has 3 aromatic rings. The number of pyridine rings is 1. The average Bonchev–Trinajstić information content (AvgIpc) is 3.33. The van der Waals surface area contributed by atoms with Crippen LogP contribution in [0.2, 0.25) is 0 Å². The van der Waals surface area contributed by atoms with Crippen LogP contribution >= 0.6 is 0 Å². The molecule has 5 heteroatoms. The lowest BCUT2D eigenvalue weighted by Crippen LogP contribution is -2.65. The van der Waals surface area contributed by atoms with E-state index in [1.54, 1.807) is 22.9 Å². The van der Waals surface area contributed by atoms with Crippen LogP contribution in [-0.4, -0.2) is 59.6 Å². The van der Waals surface area contributed by atoms with Crippen LogP contribution in [0, 0.1) is 11.3 Å². The van der Waals surface area contributed by atoms with Gasteiger partial charge in [-0.2, -0.15) is 5.26 Å². The molecule has 2 aliphatic heterocycles. The van der Waals surface area contributed by atoms with Crippen LogP contribution in [0.3, 0.4) is 0 Å². The molecule has 1 aliphatic carbocycles. The summed E-state index contributed by atoms with van der Waals surface area (Å²) in [4.78, 5) is 12.4. The summed E-state index contributed by atoms with van der Waals surface area (Å²) in [6, 6.07) is 18.4. The predicted octanol–water partition coefficient (Wildman–Crippen LogP) is 3.99. The van der Waals surface area contributed by atoms with Gasteiger partial charge in [0.05, 0.1) is 11.1 Å². The van der Waals surface area contributed by atoms with Gasteiger partial charge < -0.3 is 4.90 Å². The summed E-state index contributed by atoms with van der Waals surface area (Å²) in [5.41, 5.74) is 7.42. The van der Waals surface area contributed by atoms with Gasteiger partial charge in [0, 0.05) is 68.6 Å². The summed E-state index contributed by atoms with van der Waals surface area (Å²) in [7, 11) is 0. The van der Waals surface area contributed by atoms with Gasteiger partial charge >= 0.3 is 0 Å². The molecule has 168 valence electrons. The number of aryl methyl sites for hydroxylation is 1. The maximum absolute atomic E-state index is 9.53. The zero-order valence-electron chi connectivity index (χ0n) is 19.4. The van der Waals surface area contributed by atoms with E-state index in [0.29, 0.717) is 17.6 Å². The zero-order valence-corrected chi connectivity index (χ0v) is 19.4. The molecule has 2 aromatic carbocycles. The summed E-state index contributed by atoms with van der Waals surface area (Å²) in [5, 5.41) is 10.6. The van der Waals surface area contributed by atoms with Gasteiger partial charge in [-0.15, -0.1) is 0 Å². The van der Waals surface area contributed by atoms with E-state index in [1.165, 1.54) is 24.9 Å². The maximum atomic E-state index is 9.53. The Kier molecular flexibility index (Phi) is 5.28. The molecule has 6 rings (SSSR count). The molecule has 5 nitrogen and oxygen atoms in total. The van der Waals surface area contributed by atoms with Crippen molar-refractivity contribution < 1.29 is 0 Å². The average molecular weight is 438 g/mol. The van der Waals surface area contributed by atoms with E-state index in [4.69, 9.17) is 0 Å². The maximum Gasteiger partial charge on any atom is 0.101 e. The number of benzene rings is 2. The Hall–Kier alpha value is -2.94. The molecule has 3 heterocycles. The van der Waals surface area contributed by atoms with Crippen molar-refractivity contribution in [2.45, 2.75) is 44.8 Å². The molecule has 0 unspecified atom stereocenters. The number of nitriles is 1. The van der Waals surface area contributed by atoms with Crippen LogP contribution in [-0.2, 0) is 19.4 Å². The highest BCUT2D eigenvalue weighted by molar-refractivity contribution is 5.95. The summed E-state index contributed by atoms with van der Waals surface area (Å²) in [5.74, 6) is 0. The molecular weight excluding hydrogens is 406 g/mol. The quantitative estimate of drug-likeness (QED) is 0.620. The van der Waals surface area contributed by atoms with Crippen LogP contribution in [0.25, 0.3) is 10.9 Å². The Morgan fingerprint density at radius 2 is 1.97 bits per heavy atom. The van der Waals surface area contributed by atoms with E-state index >= 15 is 0 Å². The van der Waals surface area contributed by atoms with E-state index in [2.05, 4.69) is 63.0 Å². The van der Waals surface area contributed by atoms with Crippen molar-refractivity contribution in [3.8, 4) is 6.07 Å². The third-order valence-electron chi connectivity index (χ3n) is 7.94. The summed E-state index contributed by atoms with van der Waals surface area (Å²) in [6.07, 6.45) is 5.59. The minimum atomic E-state index is 0.509. The Morgan fingerprint density at radius 3 is 2.88 bits per heavy atom. The summed E-state index contributed by atoms with van der Waals surface area (Å²) >= 11 is 0. The Bertz CT molecular complexity index is 1230. The molecule has 0 N–H and O–H groups in total. The molecule has 0 amide bonds. The van der Waals surface area contributed by atoms with Gasteiger partial charge in [-0.25, -0.2) is 0 Å². The highest BCUT2D eigenvalue weighted by atomic mass is 15.4. The van der Waals surface area contributed by atoms with E-state index in [-0.39, 0.29) is 0 Å². The zero-order chi connectivity index (χ0) is 22.4. The molecule has 1 aromatic heterocycles. The summed E-state index contributed by atoms with van der Waals surface area (Å²) < 4.78 is 0. The van der Waals surface area contributed by atoms with Gasteiger partial charge in [0.15, 0.2) is 0 Å². The topological polar surface area (TPSA) is 46.4 Å². The number of nitrogens with zero attached hydrogens (tertiary/aromatic N) is 5. The van der Waals surface area contributed by atoms with Crippen LogP contribution in [0.4, 0.5) is 5.69 Å². The lowest BCUT2D eigenvalue weighted by molar-refractivity contribution is 0.0317. The molecule has 33 heavy (non-hydrogen) atoms. The fourth-order valence-electron chi connectivity index (χ4n) is 6.38. The molecule has 3 aliphatic rings. The van der Waals surface area contributed by atoms with Crippen LogP contribution in [0.1, 0.15) is 35.6 Å². The second-order valence-electron chi connectivity index (χ2n) is 9.93. The van der Waals surface area contributed by atoms with Crippen molar-refractivity contribution in [3.63, 3.8) is 0 Å². The first-order valence-electron chi connectivity index (χ1n) is 12.3. The monoisotopic (exact) mass is 437 g/mol. The van der Waals surface area contributed by atoms with Gasteiger partial charge in [0.1, 0.15) is 6.07 Å².